The van der Waals surface area contributed by atoms with E-state index in [4.69, 9.17) is 5.73 Å². The van der Waals surface area contributed by atoms with Crippen molar-refractivity contribution < 1.29 is 0 Å². The molecule has 1 aliphatic heterocycles. The summed E-state index contributed by atoms with van der Waals surface area (Å²) in [7, 11) is 0. The topological polar surface area (TPSA) is 29.3 Å². The maximum absolute atomic E-state index is 5.82. The molecule has 0 spiro atoms. The summed E-state index contributed by atoms with van der Waals surface area (Å²) >= 11 is 0. The molecular formula is C18H28N2. The first-order valence-corrected chi connectivity index (χ1v) is 8.26. The van der Waals surface area contributed by atoms with Crippen molar-refractivity contribution in [3.63, 3.8) is 0 Å². The Morgan fingerprint density at radius 2 is 2.00 bits per heavy atom. The number of hydrogen-bond acceptors (Lipinski definition) is 2. The summed E-state index contributed by atoms with van der Waals surface area (Å²) in [5.74, 6) is 2.35. The zero-order valence-electron chi connectivity index (χ0n) is 12.9. The lowest BCUT2D eigenvalue weighted by Crippen LogP contribution is -2.42. The number of rotatable bonds is 3. The molecule has 1 heterocycles. The molecule has 0 radical (unpaired) electrons. The zero-order chi connectivity index (χ0) is 14.1. The van der Waals surface area contributed by atoms with Gasteiger partial charge in [0, 0.05) is 24.2 Å². The van der Waals surface area contributed by atoms with E-state index in [0.29, 0.717) is 5.92 Å². The number of anilines is 1. The van der Waals surface area contributed by atoms with Crippen molar-refractivity contribution in [3.8, 4) is 0 Å². The highest BCUT2D eigenvalue weighted by Gasteiger charge is 2.36. The summed E-state index contributed by atoms with van der Waals surface area (Å²) < 4.78 is 0. The number of fused-ring (bicyclic) bond motifs is 1. The van der Waals surface area contributed by atoms with Crippen molar-refractivity contribution in [2.24, 2.45) is 17.6 Å². The van der Waals surface area contributed by atoms with Crippen LogP contribution in [0.3, 0.4) is 0 Å². The van der Waals surface area contributed by atoms with Gasteiger partial charge in [-0.15, -0.1) is 0 Å². The van der Waals surface area contributed by atoms with Crippen LogP contribution in [-0.4, -0.2) is 19.1 Å². The van der Waals surface area contributed by atoms with Gasteiger partial charge in [-0.2, -0.15) is 0 Å². The molecule has 1 aliphatic carbocycles. The molecule has 1 fully saturated rings. The van der Waals surface area contributed by atoms with Gasteiger partial charge in [-0.25, -0.2) is 0 Å². The Hall–Kier alpha value is -1.02. The molecule has 0 aromatic heterocycles. The Labute approximate surface area is 123 Å². The highest BCUT2D eigenvalue weighted by molar-refractivity contribution is 5.61. The quantitative estimate of drug-likeness (QED) is 0.907. The van der Waals surface area contributed by atoms with E-state index in [9.17, 15) is 0 Å². The van der Waals surface area contributed by atoms with Gasteiger partial charge in [-0.1, -0.05) is 32.0 Å². The number of nitrogens with two attached hydrogens (primary N) is 1. The van der Waals surface area contributed by atoms with Crippen LogP contribution in [0, 0.1) is 11.8 Å². The first-order chi connectivity index (χ1) is 9.70. The van der Waals surface area contributed by atoms with Crippen LogP contribution in [-0.2, 0) is 0 Å². The second-order valence-electron chi connectivity index (χ2n) is 6.95. The lowest BCUT2D eigenvalue weighted by Gasteiger charge is -2.40. The van der Waals surface area contributed by atoms with Gasteiger partial charge in [0.2, 0.25) is 0 Å². The van der Waals surface area contributed by atoms with E-state index in [1.165, 1.54) is 37.1 Å². The molecular weight excluding hydrogens is 244 g/mol. The fourth-order valence-corrected chi connectivity index (χ4v) is 4.40. The van der Waals surface area contributed by atoms with E-state index in [2.05, 4.69) is 43.0 Å². The second kappa shape index (κ2) is 5.77. The predicted octanol–water partition coefficient (Wildman–Crippen LogP) is 3.76. The minimum Gasteiger partial charge on any atom is -0.367 e. The molecule has 1 saturated carbocycles. The summed E-state index contributed by atoms with van der Waals surface area (Å²) in [6, 6.07) is 9.73. The fourth-order valence-electron chi connectivity index (χ4n) is 4.40. The molecule has 0 bridgehead atoms. The molecule has 2 aliphatic rings. The first kappa shape index (κ1) is 13.9. The van der Waals surface area contributed by atoms with Gasteiger partial charge in [0.15, 0.2) is 0 Å². The lowest BCUT2D eigenvalue weighted by atomic mass is 9.79. The minimum atomic E-state index is 0.641. The van der Waals surface area contributed by atoms with Crippen molar-refractivity contribution in [1.82, 2.24) is 0 Å². The summed E-state index contributed by atoms with van der Waals surface area (Å²) in [6.45, 7) is 6.82. The normalized spacial score (nSPS) is 33.2. The third-order valence-electron chi connectivity index (χ3n) is 5.40. The van der Waals surface area contributed by atoms with Gasteiger partial charge in [0.1, 0.15) is 0 Å². The molecule has 4 atom stereocenters. The second-order valence-corrected chi connectivity index (χ2v) is 6.95. The summed E-state index contributed by atoms with van der Waals surface area (Å²) in [5, 5.41) is 0. The van der Waals surface area contributed by atoms with Gasteiger partial charge >= 0.3 is 0 Å². The molecule has 1 aromatic rings. The van der Waals surface area contributed by atoms with Crippen LogP contribution in [0.2, 0.25) is 0 Å². The maximum atomic E-state index is 5.82. The summed E-state index contributed by atoms with van der Waals surface area (Å²) in [4.78, 5) is 2.70. The van der Waals surface area contributed by atoms with Crippen LogP contribution < -0.4 is 10.6 Å². The molecule has 3 rings (SSSR count). The van der Waals surface area contributed by atoms with E-state index in [-0.39, 0.29) is 0 Å². The van der Waals surface area contributed by atoms with Crippen molar-refractivity contribution in [2.45, 2.75) is 51.5 Å². The van der Waals surface area contributed by atoms with Crippen molar-refractivity contribution in [3.05, 3.63) is 29.8 Å². The molecule has 20 heavy (non-hydrogen) atoms. The van der Waals surface area contributed by atoms with E-state index in [1.54, 1.807) is 0 Å². The standard InChI is InChI=1S/C18H28N2/c1-13-7-8-17(14(2)11-13)20-12-15(9-10-19)16-5-3-4-6-18(16)20/h3-6,13-15,17H,7-12,19H2,1-2H3. The average Bonchev–Trinajstić information content (AvgIpc) is 2.79. The van der Waals surface area contributed by atoms with Crippen LogP contribution in [0.1, 0.15) is 51.0 Å². The van der Waals surface area contributed by atoms with Gasteiger partial charge in [0.25, 0.3) is 0 Å². The number of para-hydroxylation sites is 1. The smallest absolute Gasteiger partial charge is 0.0405 e. The number of hydrogen-bond donors (Lipinski definition) is 1. The third kappa shape index (κ3) is 2.46. The van der Waals surface area contributed by atoms with Crippen molar-refractivity contribution in [2.75, 3.05) is 18.0 Å². The molecule has 0 saturated heterocycles. The van der Waals surface area contributed by atoms with Gasteiger partial charge < -0.3 is 10.6 Å². The first-order valence-electron chi connectivity index (χ1n) is 8.26. The van der Waals surface area contributed by atoms with Crippen molar-refractivity contribution in [1.29, 1.82) is 0 Å². The molecule has 2 N–H and O–H groups in total. The van der Waals surface area contributed by atoms with Crippen molar-refractivity contribution >= 4 is 5.69 Å². The van der Waals surface area contributed by atoms with Crippen LogP contribution in [0.15, 0.2) is 24.3 Å². The molecule has 110 valence electrons. The Morgan fingerprint density at radius 1 is 1.20 bits per heavy atom. The maximum Gasteiger partial charge on any atom is 0.0405 e. The van der Waals surface area contributed by atoms with E-state index < -0.39 is 0 Å². The zero-order valence-corrected chi connectivity index (χ0v) is 12.9. The average molecular weight is 272 g/mol. The predicted molar refractivity (Wildman–Crippen MR) is 86.2 cm³/mol. The lowest BCUT2D eigenvalue weighted by molar-refractivity contribution is 0.252. The van der Waals surface area contributed by atoms with Crippen LogP contribution in [0.4, 0.5) is 5.69 Å². The van der Waals surface area contributed by atoms with E-state index in [0.717, 1.165) is 30.8 Å². The van der Waals surface area contributed by atoms with Crippen LogP contribution in [0.25, 0.3) is 0 Å². The number of nitrogens with zero attached hydrogens (tertiary/aromatic N) is 1. The van der Waals surface area contributed by atoms with E-state index in [1.807, 2.05) is 0 Å². The number of benzene rings is 1. The third-order valence-corrected chi connectivity index (χ3v) is 5.40. The summed E-state index contributed by atoms with van der Waals surface area (Å²) in [5.41, 5.74) is 8.83. The largest absolute Gasteiger partial charge is 0.367 e. The summed E-state index contributed by atoms with van der Waals surface area (Å²) in [6.07, 6.45) is 5.23. The molecule has 2 nitrogen and oxygen atoms in total. The van der Waals surface area contributed by atoms with Crippen LogP contribution >= 0.6 is 0 Å². The van der Waals surface area contributed by atoms with Gasteiger partial charge in [0.05, 0.1) is 0 Å². The van der Waals surface area contributed by atoms with Gasteiger partial charge in [-0.3, -0.25) is 0 Å². The Kier molecular flexibility index (Phi) is 4.02. The highest BCUT2D eigenvalue weighted by Crippen LogP contribution is 2.43. The monoisotopic (exact) mass is 272 g/mol. The van der Waals surface area contributed by atoms with E-state index >= 15 is 0 Å². The Bertz CT molecular complexity index is 456. The SMILES string of the molecule is CC1CCC(N2CC(CCN)c3ccccc32)C(C)C1. The molecule has 4 unspecified atom stereocenters. The minimum absolute atomic E-state index is 0.641. The fraction of sp³-hybridized carbons (Fsp3) is 0.667. The molecule has 2 heteroatoms. The highest BCUT2D eigenvalue weighted by atomic mass is 15.2. The molecule has 0 amide bonds. The Morgan fingerprint density at radius 3 is 2.75 bits per heavy atom. The van der Waals surface area contributed by atoms with Gasteiger partial charge in [-0.05, 0) is 55.7 Å². The molecule has 1 aromatic carbocycles. The van der Waals surface area contributed by atoms with Crippen LogP contribution in [0.5, 0.6) is 0 Å². The Balaban J connectivity index is 1.84.